The Kier molecular flexibility index (Phi) is 5.71. The van der Waals surface area contributed by atoms with Crippen LogP contribution in [0.3, 0.4) is 0 Å². The summed E-state index contributed by atoms with van der Waals surface area (Å²) in [6.07, 6.45) is 2.66. The molecular weight excluding hydrogens is 374 g/mol. The van der Waals surface area contributed by atoms with E-state index in [-0.39, 0.29) is 23.8 Å². The van der Waals surface area contributed by atoms with Gasteiger partial charge in [-0.2, -0.15) is 0 Å². The highest BCUT2D eigenvalue weighted by molar-refractivity contribution is 7.12. The molecule has 6 heteroatoms. The number of ketones is 1. The second kappa shape index (κ2) is 8.23. The SMILES string of the molecule is COc1ccc(OC2CCC(NCC3CCc4sc(C)cc4C3=O)C2O)cc1. The Hall–Kier alpha value is -1.89. The number of hydrogen-bond donors (Lipinski definition) is 2. The summed E-state index contributed by atoms with van der Waals surface area (Å²) >= 11 is 1.74. The van der Waals surface area contributed by atoms with Crippen LogP contribution in [0.5, 0.6) is 11.5 Å². The molecule has 1 heterocycles. The van der Waals surface area contributed by atoms with Gasteiger partial charge in [-0.3, -0.25) is 4.79 Å². The van der Waals surface area contributed by atoms with Crippen molar-refractivity contribution in [2.75, 3.05) is 13.7 Å². The molecule has 4 atom stereocenters. The molecule has 4 unspecified atom stereocenters. The van der Waals surface area contributed by atoms with Gasteiger partial charge in [-0.1, -0.05) is 0 Å². The van der Waals surface area contributed by atoms with E-state index in [2.05, 4.69) is 12.2 Å². The summed E-state index contributed by atoms with van der Waals surface area (Å²) in [4.78, 5) is 15.2. The first-order chi connectivity index (χ1) is 13.5. The zero-order valence-corrected chi connectivity index (χ0v) is 17.1. The van der Waals surface area contributed by atoms with Crippen molar-refractivity contribution < 1.29 is 19.4 Å². The summed E-state index contributed by atoms with van der Waals surface area (Å²) in [5, 5.41) is 14.1. The number of carbonyl (C=O) groups excluding carboxylic acids is 1. The lowest BCUT2D eigenvalue weighted by Crippen LogP contribution is -2.44. The van der Waals surface area contributed by atoms with E-state index in [1.165, 1.54) is 9.75 Å². The number of rotatable bonds is 6. The van der Waals surface area contributed by atoms with Crippen molar-refractivity contribution in [3.63, 3.8) is 0 Å². The Bertz CT molecular complexity index is 832. The van der Waals surface area contributed by atoms with Crippen LogP contribution in [0.25, 0.3) is 0 Å². The van der Waals surface area contributed by atoms with Gasteiger partial charge in [-0.05, 0) is 62.9 Å². The van der Waals surface area contributed by atoms with Crippen molar-refractivity contribution in [2.24, 2.45) is 5.92 Å². The van der Waals surface area contributed by atoms with Gasteiger partial charge in [-0.15, -0.1) is 11.3 Å². The molecule has 0 aliphatic heterocycles. The maximum absolute atomic E-state index is 12.7. The third-order valence-corrected chi connectivity index (χ3v) is 6.93. The Balaban J connectivity index is 1.30. The Morgan fingerprint density at radius 1 is 1.18 bits per heavy atom. The number of aryl methyl sites for hydroxylation is 2. The van der Waals surface area contributed by atoms with Crippen LogP contribution in [0.4, 0.5) is 0 Å². The standard InChI is InChI=1S/C22H27NO4S/c1-13-11-17-20(28-13)10-3-14(21(17)24)12-23-18-8-9-19(22(18)25)27-16-6-4-15(26-2)5-7-16/h4-7,11,14,18-19,22-23,25H,3,8-10,12H2,1-2H3. The Morgan fingerprint density at radius 3 is 2.68 bits per heavy atom. The van der Waals surface area contributed by atoms with E-state index >= 15 is 0 Å². The summed E-state index contributed by atoms with van der Waals surface area (Å²) < 4.78 is 11.1. The molecule has 1 saturated carbocycles. The molecule has 2 N–H and O–H groups in total. The van der Waals surface area contributed by atoms with E-state index in [9.17, 15) is 9.90 Å². The zero-order chi connectivity index (χ0) is 19.7. The van der Waals surface area contributed by atoms with Crippen molar-refractivity contribution in [2.45, 2.75) is 50.9 Å². The van der Waals surface area contributed by atoms with Crippen LogP contribution in [-0.2, 0) is 6.42 Å². The number of aliphatic hydroxyl groups excluding tert-OH is 1. The lowest BCUT2D eigenvalue weighted by Gasteiger charge is -2.25. The number of Topliss-reactive ketones (excluding diaryl/α,β-unsaturated/α-hetero) is 1. The number of aliphatic hydroxyl groups is 1. The van der Waals surface area contributed by atoms with Gasteiger partial charge >= 0.3 is 0 Å². The van der Waals surface area contributed by atoms with Gasteiger partial charge in [-0.25, -0.2) is 0 Å². The van der Waals surface area contributed by atoms with Crippen molar-refractivity contribution in [3.8, 4) is 11.5 Å². The van der Waals surface area contributed by atoms with E-state index in [1.54, 1.807) is 18.4 Å². The highest BCUT2D eigenvalue weighted by Gasteiger charge is 2.37. The summed E-state index contributed by atoms with van der Waals surface area (Å²) in [5.41, 5.74) is 0.910. The monoisotopic (exact) mass is 401 g/mol. The number of nitrogens with one attached hydrogen (secondary N) is 1. The molecule has 0 saturated heterocycles. The second-order valence-electron chi connectivity index (χ2n) is 7.71. The molecular formula is C22H27NO4S. The number of hydrogen-bond acceptors (Lipinski definition) is 6. The van der Waals surface area contributed by atoms with Gasteiger partial charge in [0.2, 0.25) is 0 Å². The molecule has 150 valence electrons. The van der Waals surface area contributed by atoms with Crippen LogP contribution in [0, 0.1) is 12.8 Å². The second-order valence-corrected chi connectivity index (χ2v) is 9.05. The third-order valence-electron chi connectivity index (χ3n) is 5.82. The van der Waals surface area contributed by atoms with E-state index in [0.717, 1.165) is 42.7 Å². The van der Waals surface area contributed by atoms with E-state index < -0.39 is 6.10 Å². The number of ether oxygens (including phenoxy) is 2. The van der Waals surface area contributed by atoms with Crippen molar-refractivity contribution in [1.29, 1.82) is 0 Å². The molecule has 0 radical (unpaired) electrons. The summed E-state index contributed by atoms with van der Waals surface area (Å²) in [6, 6.07) is 9.39. The van der Waals surface area contributed by atoms with Crippen LogP contribution in [0.1, 0.15) is 39.4 Å². The largest absolute Gasteiger partial charge is 0.497 e. The lowest BCUT2D eigenvalue weighted by atomic mass is 9.87. The van der Waals surface area contributed by atoms with Gasteiger partial charge in [0.1, 0.15) is 23.7 Å². The smallest absolute Gasteiger partial charge is 0.168 e. The van der Waals surface area contributed by atoms with Gasteiger partial charge in [0.05, 0.1) is 7.11 Å². The number of carbonyl (C=O) groups is 1. The highest BCUT2D eigenvalue weighted by Crippen LogP contribution is 2.32. The molecule has 1 fully saturated rings. The average molecular weight is 402 g/mol. The summed E-state index contributed by atoms with van der Waals surface area (Å²) in [7, 11) is 1.63. The fourth-order valence-corrected chi connectivity index (χ4v) is 5.28. The van der Waals surface area contributed by atoms with Crippen LogP contribution in [-0.4, -0.2) is 42.8 Å². The lowest BCUT2D eigenvalue weighted by molar-refractivity contribution is 0.0441. The third kappa shape index (κ3) is 3.95. The molecule has 1 aromatic carbocycles. The average Bonchev–Trinajstić information content (AvgIpc) is 3.25. The Morgan fingerprint density at radius 2 is 1.93 bits per heavy atom. The van der Waals surface area contributed by atoms with Crippen LogP contribution < -0.4 is 14.8 Å². The summed E-state index contributed by atoms with van der Waals surface area (Å²) in [6.45, 7) is 2.67. The minimum absolute atomic E-state index is 0.00439. The molecule has 2 aromatic rings. The number of benzene rings is 1. The normalized spacial score (nSPS) is 26.9. The first kappa shape index (κ1) is 19.4. The molecule has 1 aromatic heterocycles. The number of methoxy groups -OCH3 is 1. The fraction of sp³-hybridized carbons (Fsp3) is 0.500. The minimum Gasteiger partial charge on any atom is -0.497 e. The zero-order valence-electron chi connectivity index (χ0n) is 16.3. The first-order valence-corrected chi connectivity index (χ1v) is 10.7. The number of fused-ring (bicyclic) bond motifs is 1. The van der Waals surface area contributed by atoms with E-state index in [4.69, 9.17) is 9.47 Å². The first-order valence-electron chi connectivity index (χ1n) is 9.91. The topological polar surface area (TPSA) is 67.8 Å². The quantitative estimate of drug-likeness (QED) is 0.777. The van der Waals surface area contributed by atoms with Crippen LogP contribution in [0.2, 0.25) is 0 Å². The van der Waals surface area contributed by atoms with Gasteiger partial charge < -0.3 is 19.9 Å². The maximum Gasteiger partial charge on any atom is 0.168 e. The van der Waals surface area contributed by atoms with Gasteiger partial charge in [0, 0.05) is 33.8 Å². The minimum atomic E-state index is -0.584. The molecule has 0 spiro atoms. The molecule has 4 rings (SSSR count). The predicted octanol–water partition coefficient (Wildman–Crippen LogP) is 3.37. The molecule has 28 heavy (non-hydrogen) atoms. The Labute approximate surface area is 169 Å². The predicted molar refractivity (Wildman–Crippen MR) is 110 cm³/mol. The molecule has 5 nitrogen and oxygen atoms in total. The fourth-order valence-electron chi connectivity index (χ4n) is 4.23. The van der Waals surface area contributed by atoms with Crippen molar-refractivity contribution in [3.05, 3.63) is 45.6 Å². The van der Waals surface area contributed by atoms with Crippen molar-refractivity contribution >= 4 is 17.1 Å². The number of thiophene rings is 1. The van der Waals surface area contributed by atoms with Gasteiger partial charge in [0.25, 0.3) is 0 Å². The van der Waals surface area contributed by atoms with E-state index in [1.807, 2.05) is 30.3 Å². The molecule has 2 aliphatic rings. The van der Waals surface area contributed by atoms with E-state index in [0.29, 0.717) is 6.54 Å². The van der Waals surface area contributed by atoms with Crippen LogP contribution in [0.15, 0.2) is 30.3 Å². The molecule has 0 amide bonds. The van der Waals surface area contributed by atoms with Crippen LogP contribution >= 0.6 is 11.3 Å². The molecule has 2 aliphatic carbocycles. The highest BCUT2D eigenvalue weighted by atomic mass is 32.1. The van der Waals surface area contributed by atoms with Gasteiger partial charge in [0.15, 0.2) is 5.78 Å². The van der Waals surface area contributed by atoms with Crippen molar-refractivity contribution in [1.82, 2.24) is 5.32 Å². The summed E-state index contributed by atoms with van der Waals surface area (Å²) in [5.74, 6) is 1.75. The molecule has 0 bridgehead atoms. The maximum atomic E-state index is 12.7.